The van der Waals surface area contributed by atoms with Gasteiger partial charge in [-0.25, -0.2) is 4.39 Å². The van der Waals surface area contributed by atoms with Gasteiger partial charge in [-0.1, -0.05) is 0 Å². The molecule has 2 aliphatic heterocycles. The lowest BCUT2D eigenvalue weighted by Gasteiger charge is -2.47. The first-order chi connectivity index (χ1) is 8.61. The van der Waals surface area contributed by atoms with Crippen LogP contribution in [-0.4, -0.2) is 16.6 Å². The fraction of sp³-hybridized carbons (Fsp3) is 0.571. The maximum absolute atomic E-state index is 13.3. The second-order valence-electron chi connectivity index (χ2n) is 5.28. The van der Waals surface area contributed by atoms with E-state index in [1.165, 1.54) is 17.9 Å². The van der Waals surface area contributed by atoms with E-state index >= 15 is 0 Å². The highest BCUT2D eigenvalue weighted by Crippen LogP contribution is 2.47. The summed E-state index contributed by atoms with van der Waals surface area (Å²) in [5.74, 6) is 1.72. The van der Waals surface area contributed by atoms with Crippen LogP contribution in [0.2, 0.25) is 0 Å². The summed E-state index contributed by atoms with van der Waals surface area (Å²) in [4.78, 5) is 0. The smallest absolute Gasteiger partial charge is 0.125 e. The minimum absolute atomic E-state index is 0.120. The van der Waals surface area contributed by atoms with Gasteiger partial charge in [0.15, 0.2) is 0 Å². The largest absolute Gasteiger partial charge is 0.486 e. The molecule has 0 amide bonds. The Morgan fingerprint density at radius 1 is 1.50 bits per heavy atom. The Morgan fingerprint density at radius 3 is 3.11 bits per heavy atom. The highest BCUT2D eigenvalue weighted by molar-refractivity contribution is 8.00. The Kier molecular flexibility index (Phi) is 3.02. The summed E-state index contributed by atoms with van der Waals surface area (Å²) in [6, 6.07) is 4.56. The summed E-state index contributed by atoms with van der Waals surface area (Å²) in [7, 11) is 0. The van der Waals surface area contributed by atoms with E-state index in [4.69, 9.17) is 10.5 Å². The molecule has 2 aliphatic rings. The minimum atomic E-state index is -0.241. The molecule has 4 heteroatoms. The number of hydrogen-bond donors (Lipinski definition) is 1. The predicted octanol–water partition coefficient (Wildman–Crippen LogP) is 3.26. The Morgan fingerprint density at radius 2 is 2.33 bits per heavy atom. The molecule has 1 fully saturated rings. The average molecular weight is 267 g/mol. The molecule has 2 N–H and O–H groups in total. The van der Waals surface area contributed by atoms with Crippen LogP contribution < -0.4 is 10.5 Å². The van der Waals surface area contributed by atoms with Crippen LogP contribution in [-0.2, 0) is 0 Å². The van der Waals surface area contributed by atoms with Crippen LogP contribution in [0, 0.1) is 5.82 Å². The molecule has 3 rings (SSSR count). The number of benzene rings is 1. The van der Waals surface area contributed by atoms with Gasteiger partial charge in [0, 0.05) is 23.3 Å². The van der Waals surface area contributed by atoms with Crippen molar-refractivity contribution in [2.24, 2.45) is 5.73 Å². The lowest BCUT2D eigenvalue weighted by molar-refractivity contribution is 0.0254. The number of hydrogen-bond acceptors (Lipinski definition) is 3. The number of halogens is 1. The Bertz CT molecular complexity index is 467. The molecule has 0 saturated carbocycles. The Hall–Kier alpha value is -0.740. The summed E-state index contributed by atoms with van der Waals surface area (Å²) in [5, 5.41) is 0.440. The van der Waals surface area contributed by atoms with Crippen molar-refractivity contribution < 1.29 is 9.13 Å². The van der Waals surface area contributed by atoms with Gasteiger partial charge in [-0.3, -0.25) is 0 Å². The zero-order valence-electron chi connectivity index (χ0n) is 10.5. The van der Waals surface area contributed by atoms with Gasteiger partial charge in [-0.15, -0.1) is 0 Å². The molecule has 2 nitrogen and oxygen atoms in total. The molecule has 98 valence electrons. The third kappa shape index (κ3) is 1.91. The van der Waals surface area contributed by atoms with Crippen molar-refractivity contribution in [3.05, 3.63) is 29.6 Å². The molecule has 0 aliphatic carbocycles. The van der Waals surface area contributed by atoms with Crippen molar-refractivity contribution in [3.8, 4) is 5.75 Å². The number of fused-ring (bicyclic) bond motifs is 1. The summed E-state index contributed by atoms with van der Waals surface area (Å²) in [5.41, 5.74) is 6.88. The minimum Gasteiger partial charge on any atom is -0.486 e. The molecule has 0 radical (unpaired) electrons. The lowest BCUT2D eigenvalue weighted by atomic mass is 9.82. The van der Waals surface area contributed by atoms with Crippen molar-refractivity contribution in [2.45, 2.75) is 43.1 Å². The fourth-order valence-corrected chi connectivity index (χ4v) is 4.26. The lowest BCUT2D eigenvalue weighted by Crippen LogP contribution is -2.51. The van der Waals surface area contributed by atoms with Gasteiger partial charge in [-0.2, -0.15) is 11.8 Å². The van der Waals surface area contributed by atoms with E-state index in [-0.39, 0.29) is 17.5 Å². The van der Waals surface area contributed by atoms with E-state index < -0.39 is 0 Å². The van der Waals surface area contributed by atoms with Crippen LogP contribution in [0.4, 0.5) is 4.39 Å². The molecule has 18 heavy (non-hydrogen) atoms. The van der Waals surface area contributed by atoms with E-state index in [9.17, 15) is 4.39 Å². The Balaban J connectivity index is 1.98. The third-order valence-electron chi connectivity index (χ3n) is 4.10. The number of nitrogens with two attached hydrogens (primary N) is 1. The average Bonchev–Trinajstić information content (AvgIpc) is 2.34. The first-order valence-corrected chi connectivity index (χ1v) is 7.51. The zero-order chi connectivity index (χ0) is 12.8. The van der Waals surface area contributed by atoms with E-state index in [0.29, 0.717) is 5.25 Å². The number of ether oxygens (including phenoxy) is 1. The highest BCUT2D eigenvalue weighted by atomic mass is 32.2. The maximum Gasteiger partial charge on any atom is 0.125 e. The molecule has 1 saturated heterocycles. The molecule has 2 unspecified atom stereocenters. The van der Waals surface area contributed by atoms with Crippen molar-refractivity contribution in [2.75, 3.05) is 5.75 Å². The summed E-state index contributed by atoms with van der Waals surface area (Å²) >= 11 is 1.95. The van der Waals surface area contributed by atoms with Crippen LogP contribution in [0.3, 0.4) is 0 Å². The van der Waals surface area contributed by atoms with E-state index in [1.54, 1.807) is 6.07 Å². The van der Waals surface area contributed by atoms with Gasteiger partial charge in [0.1, 0.15) is 17.2 Å². The van der Waals surface area contributed by atoms with Crippen molar-refractivity contribution >= 4 is 11.8 Å². The maximum atomic E-state index is 13.3. The number of thioether (sulfide) groups is 1. The SMILES string of the molecule is CC1SCCCC12C[C@@H](N)c1cc(F)ccc1O2. The molecular formula is C14H18FNOS. The summed E-state index contributed by atoms with van der Waals surface area (Å²) in [6.45, 7) is 2.21. The standard InChI is InChI=1S/C14H18FNOS/c1-9-14(5-2-6-18-9)8-12(16)11-7-10(15)3-4-13(11)17-14/h3-4,7,9,12H,2,5-6,8,16H2,1H3/t9?,12-,14?/m1/s1. The highest BCUT2D eigenvalue weighted by Gasteiger charge is 2.45. The van der Waals surface area contributed by atoms with Crippen LogP contribution in [0.25, 0.3) is 0 Å². The van der Waals surface area contributed by atoms with Gasteiger partial charge < -0.3 is 10.5 Å². The van der Waals surface area contributed by atoms with Crippen LogP contribution in [0.15, 0.2) is 18.2 Å². The molecule has 1 aromatic rings. The van der Waals surface area contributed by atoms with Crippen molar-refractivity contribution in [3.63, 3.8) is 0 Å². The summed E-state index contributed by atoms with van der Waals surface area (Å²) < 4.78 is 19.5. The van der Waals surface area contributed by atoms with Gasteiger partial charge in [0.05, 0.1) is 0 Å². The molecule has 2 heterocycles. The summed E-state index contributed by atoms with van der Waals surface area (Å²) in [6.07, 6.45) is 3.00. The molecule has 0 aromatic heterocycles. The first kappa shape index (κ1) is 12.3. The van der Waals surface area contributed by atoms with Crippen molar-refractivity contribution in [1.29, 1.82) is 0 Å². The van der Waals surface area contributed by atoms with E-state index in [1.807, 2.05) is 11.8 Å². The van der Waals surface area contributed by atoms with Crippen molar-refractivity contribution in [1.82, 2.24) is 0 Å². The predicted molar refractivity (Wildman–Crippen MR) is 72.5 cm³/mol. The third-order valence-corrected chi connectivity index (χ3v) is 5.56. The Labute approximate surface area is 111 Å². The van der Waals surface area contributed by atoms with Crippen LogP contribution in [0.5, 0.6) is 5.75 Å². The number of rotatable bonds is 0. The monoisotopic (exact) mass is 267 g/mol. The first-order valence-electron chi connectivity index (χ1n) is 6.46. The normalized spacial score (nSPS) is 35.1. The topological polar surface area (TPSA) is 35.2 Å². The molecule has 1 aromatic carbocycles. The van der Waals surface area contributed by atoms with Gasteiger partial charge in [-0.05, 0) is 43.7 Å². The van der Waals surface area contributed by atoms with Gasteiger partial charge in [0.2, 0.25) is 0 Å². The molecule has 3 atom stereocenters. The zero-order valence-corrected chi connectivity index (χ0v) is 11.3. The fourth-order valence-electron chi connectivity index (χ4n) is 3.03. The van der Waals surface area contributed by atoms with Crippen LogP contribution in [0.1, 0.15) is 37.8 Å². The molecule has 1 spiro atoms. The van der Waals surface area contributed by atoms with E-state index in [0.717, 1.165) is 30.6 Å². The molecule has 0 bridgehead atoms. The molecular weight excluding hydrogens is 249 g/mol. The second-order valence-corrected chi connectivity index (χ2v) is 6.72. The quantitative estimate of drug-likeness (QED) is 0.783. The van der Waals surface area contributed by atoms with Gasteiger partial charge >= 0.3 is 0 Å². The second kappa shape index (κ2) is 4.42. The van der Waals surface area contributed by atoms with Gasteiger partial charge in [0.25, 0.3) is 0 Å². The van der Waals surface area contributed by atoms with Crippen LogP contribution >= 0.6 is 11.8 Å². The van der Waals surface area contributed by atoms with E-state index in [2.05, 4.69) is 6.92 Å².